The number of anilines is 1. The van der Waals surface area contributed by atoms with E-state index in [1.165, 1.54) is 5.56 Å². The van der Waals surface area contributed by atoms with E-state index in [-0.39, 0.29) is 24.3 Å². The number of likely N-dealkylation sites (tertiary alicyclic amines) is 1. The van der Waals surface area contributed by atoms with Crippen LogP contribution in [0.2, 0.25) is 0 Å². The van der Waals surface area contributed by atoms with Gasteiger partial charge in [-0.15, -0.1) is 0 Å². The van der Waals surface area contributed by atoms with Crippen molar-refractivity contribution in [1.29, 1.82) is 0 Å². The number of nitrogens with zero attached hydrogens (tertiary/aromatic N) is 1. The predicted molar refractivity (Wildman–Crippen MR) is 119 cm³/mol. The molecule has 1 saturated heterocycles. The number of carbonyl (C=O) groups is 2. The van der Waals surface area contributed by atoms with Gasteiger partial charge < -0.3 is 20.7 Å². The zero-order chi connectivity index (χ0) is 21.5. The van der Waals surface area contributed by atoms with Crippen molar-refractivity contribution in [3.05, 3.63) is 59.2 Å². The molecule has 0 bridgehead atoms. The van der Waals surface area contributed by atoms with E-state index < -0.39 is 0 Å². The molecule has 30 heavy (non-hydrogen) atoms. The molecule has 0 radical (unpaired) electrons. The second kappa shape index (κ2) is 10.3. The van der Waals surface area contributed by atoms with Gasteiger partial charge in [-0.2, -0.15) is 0 Å². The van der Waals surface area contributed by atoms with Crippen LogP contribution in [-0.2, 0) is 16.0 Å². The molecule has 0 unspecified atom stereocenters. The molecule has 0 atom stereocenters. The van der Waals surface area contributed by atoms with Crippen molar-refractivity contribution in [2.45, 2.75) is 33.1 Å². The summed E-state index contributed by atoms with van der Waals surface area (Å²) in [6.45, 7) is 6.74. The first-order valence-electron chi connectivity index (χ1n) is 10.5. The highest BCUT2D eigenvalue weighted by Gasteiger charge is 2.22. The van der Waals surface area contributed by atoms with Crippen molar-refractivity contribution in [2.75, 3.05) is 31.6 Å². The maximum atomic E-state index is 12.2. The third-order valence-corrected chi connectivity index (χ3v) is 5.65. The Morgan fingerprint density at radius 3 is 2.47 bits per heavy atom. The lowest BCUT2D eigenvalue weighted by Crippen LogP contribution is -2.39. The highest BCUT2D eigenvalue weighted by molar-refractivity contribution is 5.91. The number of piperidine rings is 1. The average molecular weight is 410 g/mol. The Hall–Kier alpha value is -2.86. The van der Waals surface area contributed by atoms with E-state index in [0.717, 1.165) is 61.5 Å². The molecule has 1 aliphatic heterocycles. The van der Waals surface area contributed by atoms with Gasteiger partial charge in [-0.25, -0.2) is 0 Å². The van der Waals surface area contributed by atoms with Crippen molar-refractivity contribution < 1.29 is 14.3 Å². The third kappa shape index (κ3) is 6.32. The number of benzene rings is 2. The predicted octanol–water partition coefficient (Wildman–Crippen LogP) is 3.06. The van der Waals surface area contributed by atoms with Gasteiger partial charge in [0.05, 0.1) is 0 Å². The molecule has 0 aromatic heterocycles. The van der Waals surface area contributed by atoms with Crippen molar-refractivity contribution in [1.82, 2.24) is 4.90 Å². The summed E-state index contributed by atoms with van der Waals surface area (Å²) in [5.74, 6) is 0.413. The molecule has 2 aromatic carbocycles. The molecular weight excluding hydrogens is 378 g/mol. The maximum Gasteiger partial charge on any atom is 0.262 e. The number of hydrogen-bond donors (Lipinski definition) is 2. The maximum absolute atomic E-state index is 12.2. The van der Waals surface area contributed by atoms with Crippen molar-refractivity contribution in [3.8, 4) is 5.75 Å². The van der Waals surface area contributed by atoms with Gasteiger partial charge in [0.25, 0.3) is 5.91 Å². The summed E-state index contributed by atoms with van der Waals surface area (Å²) in [5, 5.41) is 2.88. The van der Waals surface area contributed by atoms with Crippen LogP contribution in [0.25, 0.3) is 0 Å². The second-order valence-corrected chi connectivity index (χ2v) is 8.07. The molecule has 3 rings (SSSR count). The lowest BCUT2D eigenvalue weighted by atomic mass is 9.96. The van der Waals surface area contributed by atoms with Crippen molar-refractivity contribution >= 4 is 17.5 Å². The summed E-state index contributed by atoms with van der Waals surface area (Å²) in [7, 11) is 0. The van der Waals surface area contributed by atoms with E-state index in [1.54, 1.807) is 0 Å². The summed E-state index contributed by atoms with van der Waals surface area (Å²) < 4.78 is 5.66. The Morgan fingerprint density at radius 2 is 1.80 bits per heavy atom. The van der Waals surface area contributed by atoms with Crippen LogP contribution in [0.15, 0.2) is 42.5 Å². The van der Waals surface area contributed by atoms with Crippen LogP contribution in [-0.4, -0.2) is 43.0 Å². The summed E-state index contributed by atoms with van der Waals surface area (Å²) in [6.07, 6.45) is 2.64. The molecule has 1 heterocycles. The number of ether oxygens (including phenoxy) is 1. The number of nitrogens with one attached hydrogen (secondary N) is 1. The molecule has 2 amide bonds. The fraction of sp³-hybridized carbons (Fsp3) is 0.417. The summed E-state index contributed by atoms with van der Waals surface area (Å²) in [6, 6.07) is 13.9. The molecule has 0 saturated carbocycles. The van der Waals surface area contributed by atoms with Gasteiger partial charge in [0.2, 0.25) is 5.91 Å². The van der Waals surface area contributed by atoms with E-state index >= 15 is 0 Å². The normalized spacial score (nSPS) is 15.0. The molecule has 6 heteroatoms. The smallest absolute Gasteiger partial charge is 0.262 e. The molecule has 6 nitrogen and oxygen atoms in total. The van der Waals surface area contributed by atoms with E-state index in [2.05, 4.69) is 10.2 Å². The molecule has 1 fully saturated rings. The molecule has 1 aliphatic rings. The van der Waals surface area contributed by atoms with Gasteiger partial charge in [0, 0.05) is 18.2 Å². The fourth-order valence-corrected chi connectivity index (χ4v) is 3.69. The first-order valence-corrected chi connectivity index (χ1v) is 10.5. The van der Waals surface area contributed by atoms with Gasteiger partial charge in [-0.1, -0.05) is 24.3 Å². The van der Waals surface area contributed by atoms with Gasteiger partial charge >= 0.3 is 0 Å². The number of rotatable bonds is 8. The van der Waals surface area contributed by atoms with E-state index in [9.17, 15) is 9.59 Å². The summed E-state index contributed by atoms with van der Waals surface area (Å²) >= 11 is 0. The van der Waals surface area contributed by atoms with Crippen LogP contribution >= 0.6 is 0 Å². The average Bonchev–Trinajstić information content (AvgIpc) is 2.74. The van der Waals surface area contributed by atoms with Crippen LogP contribution < -0.4 is 15.8 Å². The Labute approximate surface area is 178 Å². The van der Waals surface area contributed by atoms with Gasteiger partial charge in [-0.05, 0) is 81.1 Å². The van der Waals surface area contributed by atoms with E-state index in [1.807, 2.05) is 56.3 Å². The van der Waals surface area contributed by atoms with E-state index in [4.69, 9.17) is 10.5 Å². The lowest BCUT2D eigenvalue weighted by molar-refractivity contribution is -0.123. The van der Waals surface area contributed by atoms with Crippen LogP contribution in [0.3, 0.4) is 0 Å². The summed E-state index contributed by atoms with van der Waals surface area (Å²) in [5.41, 5.74) is 9.48. The quantitative estimate of drug-likeness (QED) is 0.702. The zero-order valence-electron chi connectivity index (χ0n) is 17.8. The van der Waals surface area contributed by atoms with Crippen LogP contribution in [0, 0.1) is 19.8 Å². The molecule has 0 spiro atoms. The Balaban J connectivity index is 1.41. The first kappa shape index (κ1) is 21.8. The Bertz CT molecular complexity index is 872. The second-order valence-electron chi connectivity index (χ2n) is 8.07. The minimum absolute atomic E-state index is 0.0205. The number of nitrogens with two attached hydrogens (primary N) is 1. The minimum Gasteiger partial charge on any atom is -0.483 e. The van der Waals surface area contributed by atoms with Crippen molar-refractivity contribution in [3.63, 3.8) is 0 Å². The molecular formula is C24H31N3O3. The number of carbonyl (C=O) groups excluding carboxylic acids is 2. The highest BCUT2D eigenvalue weighted by Crippen LogP contribution is 2.20. The van der Waals surface area contributed by atoms with Gasteiger partial charge in [0.1, 0.15) is 5.75 Å². The Kier molecular flexibility index (Phi) is 7.46. The zero-order valence-corrected chi connectivity index (χ0v) is 17.8. The number of primary amides is 1. The summed E-state index contributed by atoms with van der Waals surface area (Å²) in [4.78, 5) is 25.8. The number of amides is 2. The molecule has 0 aliphatic carbocycles. The first-order chi connectivity index (χ1) is 14.4. The molecule has 160 valence electrons. The lowest BCUT2D eigenvalue weighted by Gasteiger charge is -2.30. The largest absolute Gasteiger partial charge is 0.483 e. The van der Waals surface area contributed by atoms with Gasteiger partial charge in [-0.3, -0.25) is 9.59 Å². The van der Waals surface area contributed by atoms with Crippen LogP contribution in [0.1, 0.15) is 29.5 Å². The SMILES string of the molecule is Cc1ccc(C)c(OCC(=O)Nc2ccc(CCN3CCC(C(N)=O)CC3)cc2)c1. The van der Waals surface area contributed by atoms with Crippen LogP contribution in [0.4, 0.5) is 5.69 Å². The number of aryl methyl sites for hydroxylation is 2. The Morgan fingerprint density at radius 1 is 1.10 bits per heavy atom. The van der Waals surface area contributed by atoms with Gasteiger partial charge in [0.15, 0.2) is 6.61 Å². The topological polar surface area (TPSA) is 84.7 Å². The third-order valence-electron chi connectivity index (χ3n) is 5.65. The van der Waals surface area contributed by atoms with Crippen molar-refractivity contribution in [2.24, 2.45) is 11.7 Å². The monoisotopic (exact) mass is 409 g/mol. The minimum atomic E-state index is -0.180. The standard InChI is InChI=1S/C24H31N3O3/c1-17-3-4-18(2)22(15-17)30-16-23(28)26-21-7-5-19(6-8-21)9-12-27-13-10-20(11-14-27)24(25)29/h3-8,15,20H,9-14,16H2,1-2H3,(H2,25,29)(H,26,28). The molecule has 3 N–H and O–H groups in total. The highest BCUT2D eigenvalue weighted by atomic mass is 16.5. The number of hydrogen-bond acceptors (Lipinski definition) is 4. The van der Waals surface area contributed by atoms with Crippen LogP contribution in [0.5, 0.6) is 5.75 Å². The molecule has 2 aromatic rings. The van der Waals surface area contributed by atoms with E-state index in [0.29, 0.717) is 0 Å². The fourth-order valence-electron chi connectivity index (χ4n) is 3.69.